The Morgan fingerprint density at radius 2 is 2.08 bits per heavy atom. The summed E-state index contributed by atoms with van der Waals surface area (Å²) in [5.41, 5.74) is 3.14. The van der Waals surface area contributed by atoms with Crippen LogP contribution in [0.15, 0.2) is 30.9 Å². The molecule has 0 saturated carbocycles. The van der Waals surface area contributed by atoms with Crippen LogP contribution in [0.25, 0.3) is 0 Å². The van der Waals surface area contributed by atoms with Crippen molar-refractivity contribution >= 4 is 5.91 Å². The molecule has 138 valence electrons. The summed E-state index contributed by atoms with van der Waals surface area (Å²) in [7, 11) is 0. The van der Waals surface area contributed by atoms with Crippen LogP contribution in [0.4, 0.5) is 0 Å². The molecular weight excluding hydrogens is 326 g/mol. The van der Waals surface area contributed by atoms with Crippen molar-refractivity contribution in [2.24, 2.45) is 5.92 Å². The highest BCUT2D eigenvalue weighted by atomic mass is 16.2. The number of fused-ring (bicyclic) bond motifs is 1. The molecule has 0 bridgehead atoms. The quantitative estimate of drug-likeness (QED) is 0.920. The molecule has 4 heterocycles. The number of nitrogens with zero attached hydrogens (tertiary/aromatic N) is 4. The minimum absolute atomic E-state index is 0.115. The predicted octanol–water partition coefficient (Wildman–Crippen LogP) is 2.40. The van der Waals surface area contributed by atoms with Crippen molar-refractivity contribution in [2.75, 3.05) is 19.6 Å². The van der Waals surface area contributed by atoms with E-state index >= 15 is 0 Å². The molecule has 0 spiro atoms. The van der Waals surface area contributed by atoms with Gasteiger partial charge in [-0.1, -0.05) is 6.07 Å². The molecule has 2 aliphatic rings. The van der Waals surface area contributed by atoms with Crippen LogP contribution in [0.1, 0.15) is 49.7 Å². The van der Waals surface area contributed by atoms with Crippen molar-refractivity contribution in [3.8, 4) is 0 Å². The summed E-state index contributed by atoms with van der Waals surface area (Å²) in [6.07, 6.45) is 8.09. The first-order valence-electron chi connectivity index (χ1n) is 9.61. The van der Waals surface area contributed by atoms with E-state index < -0.39 is 0 Å². The van der Waals surface area contributed by atoms with Gasteiger partial charge in [0, 0.05) is 43.0 Å². The Morgan fingerprint density at radius 1 is 1.27 bits per heavy atom. The van der Waals surface area contributed by atoms with E-state index in [0.29, 0.717) is 6.04 Å². The predicted molar refractivity (Wildman–Crippen MR) is 99.5 cm³/mol. The first-order valence-corrected chi connectivity index (χ1v) is 9.61. The average Bonchev–Trinajstić information content (AvgIpc) is 3.16. The van der Waals surface area contributed by atoms with Gasteiger partial charge < -0.3 is 14.8 Å². The Balaban J connectivity index is 1.58. The lowest BCUT2D eigenvalue weighted by Crippen LogP contribution is -2.47. The lowest BCUT2D eigenvalue weighted by Gasteiger charge is -2.40. The van der Waals surface area contributed by atoms with E-state index in [1.54, 1.807) is 12.5 Å². The average molecular weight is 353 g/mol. The van der Waals surface area contributed by atoms with Crippen LogP contribution >= 0.6 is 0 Å². The van der Waals surface area contributed by atoms with Crippen LogP contribution in [0.5, 0.6) is 0 Å². The second-order valence-electron chi connectivity index (χ2n) is 7.64. The van der Waals surface area contributed by atoms with Crippen LogP contribution < -0.4 is 0 Å². The van der Waals surface area contributed by atoms with E-state index in [9.17, 15) is 4.79 Å². The molecule has 0 unspecified atom stereocenters. The Bertz CT molecular complexity index is 749. The van der Waals surface area contributed by atoms with Gasteiger partial charge in [0.2, 0.25) is 5.91 Å². The fourth-order valence-electron chi connectivity index (χ4n) is 4.29. The SMILES string of the molecule is CC(C)N1CCC(C(=O)N2CCc3[nH]cnc3[C@@H]2c2cccnc2)CC1. The Morgan fingerprint density at radius 3 is 2.77 bits per heavy atom. The van der Waals surface area contributed by atoms with Crippen molar-refractivity contribution in [1.82, 2.24) is 24.8 Å². The number of rotatable bonds is 3. The molecule has 2 aromatic heterocycles. The van der Waals surface area contributed by atoms with Gasteiger partial charge in [-0.2, -0.15) is 0 Å². The highest BCUT2D eigenvalue weighted by molar-refractivity contribution is 5.80. The number of imidazole rings is 1. The molecule has 1 saturated heterocycles. The third-order valence-electron chi connectivity index (χ3n) is 5.82. The van der Waals surface area contributed by atoms with Gasteiger partial charge in [0.05, 0.1) is 12.0 Å². The second-order valence-corrected chi connectivity index (χ2v) is 7.64. The number of amides is 1. The van der Waals surface area contributed by atoms with E-state index in [1.807, 2.05) is 23.2 Å². The van der Waals surface area contributed by atoms with Gasteiger partial charge in [-0.25, -0.2) is 4.98 Å². The van der Waals surface area contributed by atoms with Crippen molar-refractivity contribution in [1.29, 1.82) is 0 Å². The van der Waals surface area contributed by atoms with Crippen LogP contribution in [-0.2, 0) is 11.2 Å². The molecule has 2 aromatic rings. The number of piperidine rings is 1. The minimum Gasteiger partial charge on any atom is -0.348 e. The fourth-order valence-corrected chi connectivity index (χ4v) is 4.29. The zero-order valence-corrected chi connectivity index (χ0v) is 15.6. The molecular formula is C20H27N5O. The monoisotopic (exact) mass is 353 g/mol. The van der Waals surface area contributed by atoms with E-state index in [0.717, 1.165) is 55.8 Å². The molecule has 0 aliphatic carbocycles. The zero-order chi connectivity index (χ0) is 18.1. The Labute approximate surface area is 154 Å². The first-order chi connectivity index (χ1) is 12.6. The first kappa shape index (κ1) is 17.2. The molecule has 6 nitrogen and oxygen atoms in total. The van der Waals surface area contributed by atoms with Crippen molar-refractivity contribution in [3.05, 3.63) is 47.8 Å². The number of pyridine rings is 1. The highest BCUT2D eigenvalue weighted by Gasteiger charge is 2.38. The molecule has 1 N–H and O–H groups in total. The van der Waals surface area contributed by atoms with Gasteiger partial charge in [0.15, 0.2) is 0 Å². The molecule has 1 amide bonds. The van der Waals surface area contributed by atoms with Crippen molar-refractivity contribution in [2.45, 2.75) is 45.2 Å². The molecule has 6 heteroatoms. The van der Waals surface area contributed by atoms with Crippen molar-refractivity contribution in [3.63, 3.8) is 0 Å². The smallest absolute Gasteiger partial charge is 0.226 e. The summed E-state index contributed by atoms with van der Waals surface area (Å²) in [4.78, 5) is 29.9. The van der Waals surface area contributed by atoms with Crippen LogP contribution in [-0.4, -0.2) is 56.3 Å². The third kappa shape index (κ3) is 3.14. The van der Waals surface area contributed by atoms with Gasteiger partial charge >= 0.3 is 0 Å². The zero-order valence-electron chi connectivity index (χ0n) is 15.6. The Hall–Kier alpha value is -2.21. The molecule has 0 radical (unpaired) electrons. The molecule has 1 atom stereocenters. The van der Waals surface area contributed by atoms with Crippen LogP contribution in [0, 0.1) is 5.92 Å². The number of aromatic amines is 1. The molecule has 2 aliphatic heterocycles. The summed E-state index contributed by atoms with van der Waals surface area (Å²) in [5, 5.41) is 0. The van der Waals surface area contributed by atoms with Crippen LogP contribution in [0.2, 0.25) is 0 Å². The standard InChI is InChI=1S/C20H27N5O/c1-14(2)24-9-5-15(6-10-24)20(26)25-11-7-17-18(23-13-22-17)19(25)16-4-3-8-21-12-16/h3-4,8,12-15,19H,5-7,9-11H2,1-2H3,(H,22,23)/t19-/m0/s1. The van der Waals surface area contributed by atoms with Gasteiger partial charge in [0.1, 0.15) is 6.04 Å². The molecule has 1 fully saturated rings. The molecule has 26 heavy (non-hydrogen) atoms. The summed E-state index contributed by atoms with van der Waals surface area (Å²) < 4.78 is 0. The summed E-state index contributed by atoms with van der Waals surface area (Å²) in [6, 6.07) is 4.40. The molecule has 4 rings (SSSR count). The number of aromatic nitrogens is 3. The maximum absolute atomic E-state index is 13.4. The van der Waals surface area contributed by atoms with Gasteiger partial charge in [-0.15, -0.1) is 0 Å². The van der Waals surface area contributed by atoms with E-state index in [4.69, 9.17) is 0 Å². The summed E-state index contributed by atoms with van der Waals surface area (Å²) in [6.45, 7) is 7.20. The second kappa shape index (κ2) is 7.19. The summed E-state index contributed by atoms with van der Waals surface area (Å²) >= 11 is 0. The van der Waals surface area contributed by atoms with E-state index in [-0.39, 0.29) is 17.9 Å². The third-order valence-corrected chi connectivity index (χ3v) is 5.82. The largest absolute Gasteiger partial charge is 0.348 e. The number of likely N-dealkylation sites (tertiary alicyclic amines) is 1. The van der Waals surface area contributed by atoms with Crippen LogP contribution in [0.3, 0.4) is 0 Å². The summed E-state index contributed by atoms with van der Waals surface area (Å²) in [5.74, 6) is 0.389. The van der Waals surface area contributed by atoms with Gasteiger partial charge in [0.25, 0.3) is 0 Å². The maximum atomic E-state index is 13.4. The highest BCUT2D eigenvalue weighted by Crippen LogP contribution is 2.35. The van der Waals surface area contributed by atoms with Gasteiger partial charge in [-0.3, -0.25) is 9.78 Å². The number of hydrogen-bond acceptors (Lipinski definition) is 4. The number of nitrogens with one attached hydrogen (secondary N) is 1. The lowest BCUT2D eigenvalue weighted by atomic mass is 9.90. The maximum Gasteiger partial charge on any atom is 0.226 e. The normalized spacial score (nSPS) is 21.8. The number of carbonyl (C=O) groups is 1. The van der Waals surface area contributed by atoms with Crippen molar-refractivity contribution < 1.29 is 4.79 Å². The lowest BCUT2D eigenvalue weighted by molar-refractivity contribution is -0.139. The fraction of sp³-hybridized carbons (Fsp3) is 0.550. The number of H-pyrrole nitrogens is 1. The van der Waals surface area contributed by atoms with Gasteiger partial charge in [-0.05, 0) is 51.4 Å². The number of hydrogen-bond donors (Lipinski definition) is 1. The topological polar surface area (TPSA) is 65.1 Å². The van der Waals surface area contributed by atoms with E-state index in [1.165, 1.54) is 0 Å². The number of carbonyl (C=O) groups excluding carboxylic acids is 1. The Kier molecular flexibility index (Phi) is 4.76. The van der Waals surface area contributed by atoms with E-state index in [2.05, 4.69) is 33.7 Å². The minimum atomic E-state index is -0.130. The molecule has 0 aromatic carbocycles.